The molecule has 4 rings (SSSR count). The second-order valence-electron chi connectivity index (χ2n) is 11.7. The molecule has 0 fully saturated rings. The van der Waals surface area contributed by atoms with E-state index in [9.17, 15) is 9.59 Å². The number of H-pyrrole nitrogens is 1. The number of nitrogens with zero attached hydrogens (tertiary/aromatic N) is 6. The standard InChI is InChI=1S/C35H49N7O2/c1-5-9-14-29-24-31-25-30(35(44)41(8-4)26-32-36-38-39-37-32)19-23-42(31)33(29)34(43)28-17-15-27(16-18-28)13-12-22-40(20-10-6-2)21-11-7-3/h15-19,23-25H,5-14,20-22,26H2,1-4H3,(H,36,37,38,39). The van der Waals surface area contributed by atoms with Gasteiger partial charge in [-0.3, -0.25) is 9.59 Å². The number of hydrogen-bond donors (Lipinski definition) is 1. The van der Waals surface area contributed by atoms with Crippen molar-refractivity contribution in [2.24, 2.45) is 0 Å². The summed E-state index contributed by atoms with van der Waals surface area (Å²) in [6.45, 7) is 12.9. The van der Waals surface area contributed by atoms with Crippen LogP contribution in [0.5, 0.6) is 0 Å². The molecular formula is C35H49N7O2. The third-order valence-electron chi connectivity index (χ3n) is 8.32. The lowest BCUT2D eigenvalue weighted by Crippen LogP contribution is -2.30. The summed E-state index contributed by atoms with van der Waals surface area (Å²) in [5.74, 6) is 0.364. The summed E-state index contributed by atoms with van der Waals surface area (Å²) in [7, 11) is 0. The molecule has 9 heteroatoms. The minimum absolute atomic E-state index is 0.0133. The Labute approximate surface area is 262 Å². The highest BCUT2D eigenvalue weighted by molar-refractivity contribution is 6.10. The molecular weight excluding hydrogens is 550 g/mol. The number of aromatic nitrogens is 5. The fourth-order valence-electron chi connectivity index (χ4n) is 5.68. The van der Waals surface area contributed by atoms with E-state index in [2.05, 4.69) is 64.5 Å². The van der Waals surface area contributed by atoms with Crippen molar-refractivity contribution in [1.82, 2.24) is 34.8 Å². The highest BCUT2D eigenvalue weighted by Gasteiger charge is 2.22. The van der Waals surface area contributed by atoms with Crippen LogP contribution in [0.4, 0.5) is 0 Å². The third kappa shape index (κ3) is 8.62. The number of benzene rings is 1. The first kappa shape index (κ1) is 33.1. The monoisotopic (exact) mass is 599 g/mol. The van der Waals surface area contributed by atoms with Crippen LogP contribution in [0.2, 0.25) is 0 Å². The lowest BCUT2D eigenvalue weighted by Gasteiger charge is -2.21. The van der Waals surface area contributed by atoms with Crippen LogP contribution in [0.15, 0.2) is 48.7 Å². The number of fused-ring (bicyclic) bond motifs is 1. The van der Waals surface area contributed by atoms with Gasteiger partial charge in [0.15, 0.2) is 5.82 Å². The predicted molar refractivity (Wildman–Crippen MR) is 175 cm³/mol. The smallest absolute Gasteiger partial charge is 0.254 e. The van der Waals surface area contributed by atoms with Crippen LogP contribution in [-0.4, -0.2) is 72.7 Å². The van der Waals surface area contributed by atoms with E-state index in [1.54, 1.807) is 11.0 Å². The molecule has 44 heavy (non-hydrogen) atoms. The molecule has 3 aromatic heterocycles. The number of amides is 1. The second kappa shape index (κ2) is 16.9. The van der Waals surface area contributed by atoms with Crippen molar-refractivity contribution in [1.29, 1.82) is 0 Å². The number of pyridine rings is 1. The van der Waals surface area contributed by atoms with Crippen molar-refractivity contribution >= 4 is 17.2 Å². The maximum absolute atomic E-state index is 13.9. The number of carbonyl (C=O) groups is 2. The zero-order valence-electron chi connectivity index (χ0n) is 27.0. The van der Waals surface area contributed by atoms with E-state index in [0.717, 1.165) is 49.7 Å². The van der Waals surface area contributed by atoms with Crippen molar-refractivity contribution < 1.29 is 9.59 Å². The molecule has 0 atom stereocenters. The second-order valence-corrected chi connectivity index (χ2v) is 11.7. The van der Waals surface area contributed by atoms with E-state index >= 15 is 0 Å². The van der Waals surface area contributed by atoms with Crippen LogP contribution < -0.4 is 0 Å². The largest absolute Gasteiger partial charge is 0.331 e. The fourth-order valence-corrected chi connectivity index (χ4v) is 5.68. The molecule has 0 unspecified atom stereocenters. The van der Waals surface area contributed by atoms with Crippen molar-refractivity contribution in [3.05, 3.63) is 82.4 Å². The zero-order valence-corrected chi connectivity index (χ0v) is 27.0. The van der Waals surface area contributed by atoms with Gasteiger partial charge in [-0.05, 0) is 94.4 Å². The molecule has 0 radical (unpaired) electrons. The number of ketones is 1. The molecule has 0 bridgehead atoms. The first-order valence-corrected chi connectivity index (χ1v) is 16.5. The molecule has 1 amide bonds. The Hall–Kier alpha value is -3.85. The van der Waals surface area contributed by atoms with E-state index < -0.39 is 0 Å². The molecule has 4 aromatic rings. The van der Waals surface area contributed by atoms with Crippen LogP contribution in [0.3, 0.4) is 0 Å². The van der Waals surface area contributed by atoms with Crippen molar-refractivity contribution in [2.45, 2.75) is 92.0 Å². The van der Waals surface area contributed by atoms with Crippen LogP contribution >= 0.6 is 0 Å². The van der Waals surface area contributed by atoms with Gasteiger partial charge in [0.2, 0.25) is 5.78 Å². The first-order valence-electron chi connectivity index (χ1n) is 16.5. The number of aryl methyl sites for hydroxylation is 2. The average Bonchev–Trinajstić information content (AvgIpc) is 3.70. The summed E-state index contributed by atoms with van der Waals surface area (Å²) < 4.78 is 1.94. The molecule has 0 aliphatic rings. The molecule has 1 aromatic carbocycles. The summed E-state index contributed by atoms with van der Waals surface area (Å²) in [4.78, 5) is 31.6. The zero-order chi connectivity index (χ0) is 31.3. The summed E-state index contributed by atoms with van der Waals surface area (Å²) in [5.41, 5.74) is 5.06. The average molecular weight is 600 g/mol. The molecule has 0 saturated carbocycles. The Morgan fingerprint density at radius 1 is 0.818 bits per heavy atom. The number of hydrogen-bond acceptors (Lipinski definition) is 6. The van der Waals surface area contributed by atoms with E-state index in [1.165, 1.54) is 44.3 Å². The summed E-state index contributed by atoms with van der Waals surface area (Å²) in [6.07, 6.45) is 11.8. The Kier molecular flexibility index (Phi) is 12.7. The lowest BCUT2D eigenvalue weighted by molar-refractivity contribution is 0.0748. The molecule has 0 spiro atoms. The van der Waals surface area contributed by atoms with Crippen molar-refractivity contribution in [3.8, 4) is 0 Å². The molecule has 236 valence electrons. The quantitative estimate of drug-likeness (QED) is 0.123. The normalized spacial score (nSPS) is 11.5. The fraction of sp³-hybridized carbons (Fsp3) is 0.514. The molecule has 0 saturated heterocycles. The molecule has 1 N–H and O–H groups in total. The molecule has 9 nitrogen and oxygen atoms in total. The van der Waals surface area contributed by atoms with E-state index in [1.807, 2.05) is 35.7 Å². The number of aromatic amines is 1. The van der Waals surface area contributed by atoms with Gasteiger partial charge >= 0.3 is 0 Å². The van der Waals surface area contributed by atoms with Gasteiger partial charge in [0.25, 0.3) is 5.91 Å². The Bertz CT molecular complexity index is 1450. The summed E-state index contributed by atoms with van der Waals surface area (Å²) >= 11 is 0. The first-order chi connectivity index (χ1) is 21.5. The third-order valence-corrected chi connectivity index (χ3v) is 8.32. The number of nitrogens with one attached hydrogen (secondary N) is 1. The topological polar surface area (TPSA) is 99.5 Å². The lowest BCUT2D eigenvalue weighted by atomic mass is 10.00. The highest BCUT2D eigenvalue weighted by atomic mass is 16.2. The van der Waals surface area contributed by atoms with Crippen molar-refractivity contribution in [2.75, 3.05) is 26.2 Å². The molecule has 0 aliphatic carbocycles. The number of carbonyl (C=O) groups excluding carboxylic acids is 2. The summed E-state index contributed by atoms with van der Waals surface area (Å²) in [5, 5.41) is 14.0. The van der Waals surface area contributed by atoms with Gasteiger partial charge in [-0.15, -0.1) is 10.2 Å². The number of tetrazole rings is 1. The van der Waals surface area contributed by atoms with Crippen molar-refractivity contribution in [3.63, 3.8) is 0 Å². The number of unbranched alkanes of at least 4 members (excludes halogenated alkanes) is 3. The van der Waals surface area contributed by atoms with Gasteiger partial charge in [0.05, 0.1) is 12.2 Å². The molecule has 3 heterocycles. The number of rotatable bonds is 19. The summed E-state index contributed by atoms with van der Waals surface area (Å²) in [6, 6.07) is 13.9. The van der Waals surface area contributed by atoms with Gasteiger partial charge in [-0.2, -0.15) is 5.21 Å². The Balaban J connectivity index is 1.50. The SMILES string of the molecule is CCCCc1cc2cc(C(=O)N(CC)Cc3nn[nH]n3)ccn2c1C(=O)c1ccc(CCCN(CCCC)CCCC)cc1. The van der Waals surface area contributed by atoms with E-state index in [0.29, 0.717) is 29.2 Å². The highest BCUT2D eigenvalue weighted by Crippen LogP contribution is 2.24. The van der Waals surface area contributed by atoms with Gasteiger partial charge in [-0.25, -0.2) is 0 Å². The Morgan fingerprint density at radius 3 is 2.16 bits per heavy atom. The van der Waals surface area contributed by atoms with Gasteiger partial charge in [0, 0.05) is 29.4 Å². The maximum atomic E-state index is 13.9. The predicted octanol–water partition coefficient (Wildman–Crippen LogP) is 6.52. The minimum atomic E-state index is -0.113. The van der Waals surface area contributed by atoms with Crippen LogP contribution in [0, 0.1) is 0 Å². The van der Waals surface area contributed by atoms with Crippen LogP contribution in [0.1, 0.15) is 116 Å². The van der Waals surface area contributed by atoms with Crippen LogP contribution in [-0.2, 0) is 19.4 Å². The van der Waals surface area contributed by atoms with E-state index in [4.69, 9.17) is 0 Å². The van der Waals surface area contributed by atoms with Gasteiger partial charge < -0.3 is 14.2 Å². The minimum Gasteiger partial charge on any atom is -0.331 e. The van der Waals surface area contributed by atoms with Gasteiger partial charge in [0.1, 0.15) is 0 Å². The van der Waals surface area contributed by atoms with E-state index in [-0.39, 0.29) is 18.2 Å². The van der Waals surface area contributed by atoms with Crippen LogP contribution in [0.25, 0.3) is 5.52 Å². The molecule has 0 aliphatic heterocycles. The Morgan fingerprint density at radius 2 is 1.52 bits per heavy atom. The maximum Gasteiger partial charge on any atom is 0.254 e. The van der Waals surface area contributed by atoms with Gasteiger partial charge in [-0.1, -0.05) is 69.5 Å².